The maximum atomic E-state index is 13.6. The topological polar surface area (TPSA) is 99.5 Å². The van der Waals surface area contributed by atoms with Crippen molar-refractivity contribution in [2.24, 2.45) is 0 Å². The minimum Gasteiger partial charge on any atom is -0.456 e. The summed E-state index contributed by atoms with van der Waals surface area (Å²) in [5.41, 5.74) is 1.23. The minimum atomic E-state index is -4.01. The number of hydrogen-bond acceptors (Lipinski definition) is 5. The predicted octanol–water partition coefficient (Wildman–Crippen LogP) is 5.03. The third-order valence-electron chi connectivity index (χ3n) is 5.81. The number of carbonyl (C=O) groups excluding carboxylic acids is 1. The van der Waals surface area contributed by atoms with Crippen LogP contribution in [0.5, 0.6) is 11.5 Å². The Morgan fingerprint density at radius 3 is 2.56 bits per heavy atom. The number of ether oxygens (including phenoxy) is 1. The lowest BCUT2D eigenvalue weighted by Gasteiger charge is -2.32. The van der Waals surface area contributed by atoms with E-state index >= 15 is 0 Å². The van der Waals surface area contributed by atoms with Crippen LogP contribution in [0.3, 0.4) is 0 Å². The zero-order chi connectivity index (χ0) is 25.9. The molecule has 186 valence electrons. The summed E-state index contributed by atoms with van der Waals surface area (Å²) in [5, 5.41) is 12.6. The molecule has 10 heteroatoms. The van der Waals surface area contributed by atoms with E-state index in [1.54, 1.807) is 18.2 Å². The zero-order valence-corrected chi connectivity index (χ0v) is 20.9. The van der Waals surface area contributed by atoms with Crippen molar-refractivity contribution in [1.29, 1.82) is 5.26 Å². The number of nitrogens with one attached hydrogen (secondary N) is 1. The van der Waals surface area contributed by atoms with E-state index in [-0.39, 0.29) is 40.9 Å². The molecular weight excluding hydrogens is 505 g/mol. The third kappa shape index (κ3) is 5.85. The van der Waals surface area contributed by atoms with Gasteiger partial charge in [0.2, 0.25) is 10.0 Å². The molecular formula is C26H23ClFN3O4S. The zero-order valence-electron chi connectivity index (χ0n) is 19.4. The van der Waals surface area contributed by atoms with Crippen LogP contribution in [-0.2, 0) is 10.0 Å². The molecule has 1 N–H and O–H groups in total. The Morgan fingerprint density at radius 1 is 1.14 bits per heavy atom. The van der Waals surface area contributed by atoms with Crippen LogP contribution in [0.4, 0.5) is 4.39 Å². The fourth-order valence-corrected chi connectivity index (χ4v) is 5.92. The van der Waals surface area contributed by atoms with Crippen molar-refractivity contribution in [3.63, 3.8) is 0 Å². The fourth-order valence-electron chi connectivity index (χ4n) is 4.03. The highest BCUT2D eigenvalue weighted by molar-refractivity contribution is 7.89. The molecule has 1 fully saturated rings. The molecule has 7 nitrogen and oxygen atoms in total. The Kier molecular flexibility index (Phi) is 7.59. The van der Waals surface area contributed by atoms with Crippen molar-refractivity contribution in [2.45, 2.75) is 30.7 Å². The number of sulfonamides is 1. The molecule has 1 amide bonds. The second-order valence-electron chi connectivity index (χ2n) is 8.50. The van der Waals surface area contributed by atoms with E-state index in [2.05, 4.69) is 5.32 Å². The van der Waals surface area contributed by atoms with E-state index in [9.17, 15) is 22.9 Å². The van der Waals surface area contributed by atoms with Crippen molar-refractivity contribution in [2.75, 3.05) is 13.1 Å². The van der Waals surface area contributed by atoms with E-state index < -0.39 is 21.7 Å². The fraction of sp³-hybridized carbons (Fsp3) is 0.231. The number of amides is 1. The normalized spacial score (nSPS) is 14.7. The van der Waals surface area contributed by atoms with Gasteiger partial charge in [-0.1, -0.05) is 17.7 Å². The number of rotatable bonds is 6. The number of aryl methyl sites for hydroxylation is 1. The molecule has 4 rings (SSSR count). The minimum absolute atomic E-state index is 0.0807. The number of benzene rings is 3. The Labute approximate surface area is 214 Å². The standard InChI is InChI=1S/C26H23ClFN3O4S/c1-17-11-20(27)15-23(12-17)35-24-6-5-18(16-29)13-25(24)36(33,34)31-9-7-22(8-10-31)30-26(32)19-3-2-4-21(28)14-19/h2-6,11-15,22H,7-10H2,1H3,(H,30,32). The van der Waals surface area contributed by atoms with Crippen LogP contribution in [0.1, 0.15) is 34.3 Å². The van der Waals surface area contributed by atoms with Gasteiger partial charge in [0.15, 0.2) is 0 Å². The molecule has 0 atom stereocenters. The summed E-state index contributed by atoms with van der Waals surface area (Å²) in [5.74, 6) is -0.462. The van der Waals surface area contributed by atoms with E-state index in [0.717, 1.165) is 11.6 Å². The number of nitriles is 1. The SMILES string of the molecule is Cc1cc(Cl)cc(Oc2ccc(C#N)cc2S(=O)(=O)N2CCC(NC(=O)c3cccc(F)c3)CC2)c1. The molecule has 0 spiro atoms. The van der Waals surface area contributed by atoms with Gasteiger partial charge >= 0.3 is 0 Å². The first-order valence-electron chi connectivity index (χ1n) is 11.2. The van der Waals surface area contributed by atoms with Crippen molar-refractivity contribution in [3.05, 3.63) is 88.2 Å². The van der Waals surface area contributed by atoms with Gasteiger partial charge < -0.3 is 10.1 Å². The van der Waals surface area contributed by atoms with Crippen LogP contribution in [0.15, 0.2) is 65.6 Å². The number of hydrogen-bond donors (Lipinski definition) is 1. The Bertz CT molecular complexity index is 1430. The van der Waals surface area contributed by atoms with Gasteiger partial charge in [0, 0.05) is 29.7 Å². The van der Waals surface area contributed by atoms with Crippen LogP contribution in [-0.4, -0.2) is 37.8 Å². The average Bonchev–Trinajstić information content (AvgIpc) is 2.84. The lowest BCUT2D eigenvalue weighted by atomic mass is 10.1. The van der Waals surface area contributed by atoms with E-state index in [0.29, 0.717) is 23.6 Å². The molecule has 1 heterocycles. The second kappa shape index (κ2) is 10.7. The smallest absolute Gasteiger partial charge is 0.251 e. The first-order chi connectivity index (χ1) is 17.2. The van der Waals surface area contributed by atoms with Gasteiger partial charge in [-0.05, 0) is 79.9 Å². The highest BCUT2D eigenvalue weighted by atomic mass is 35.5. The summed E-state index contributed by atoms with van der Waals surface area (Å²) in [7, 11) is -4.01. The molecule has 0 saturated carbocycles. The van der Waals surface area contributed by atoms with Gasteiger partial charge in [0.1, 0.15) is 22.2 Å². The van der Waals surface area contributed by atoms with E-state index in [4.69, 9.17) is 16.3 Å². The maximum Gasteiger partial charge on any atom is 0.251 e. The van der Waals surface area contributed by atoms with E-state index in [1.807, 2.05) is 13.0 Å². The van der Waals surface area contributed by atoms with Crippen LogP contribution >= 0.6 is 11.6 Å². The van der Waals surface area contributed by atoms with E-state index in [1.165, 1.54) is 40.7 Å². The number of halogens is 2. The number of nitrogens with zero attached hydrogens (tertiary/aromatic N) is 2. The molecule has 0 radical (unpaired) electrons. The summed E-state index contributed by atoms with van der Waals surface area (Å²) in [4.78, 5) is 12.3. The molecule has 0 unspecified atom stereocenters. The van der Waals surface area contributed by atoms with Crippen molar-refractivity contribution >= 4 is 27.5 Å². The van der Waals surface area contributed by atoms with Crippen molar-refractivity contribution in [1.82, 2.24) is 9.62 Å². The molecule has 1 saturated heterocycles. The number of carbonyl (C=O) groups is 1. The second-order valence-corrected chi connectivity index (χ2v) is 10.8. The quantitative estimate of drug-likeness (QED) is 0.484. The summed E-state index contributed by atoms with van der Waals surface area (Å²) in [6, 6.07) is 16.4. The molecule has 0 aliphatic carbocycles. The lowest BCUT2D eigenvalue weighted by molar-refractivity contribution is 0.0923. The Balaban J connectivity index is 1.51. The van der Waals surface area contributed by atoms with Gasteiger partial charge in [-0.2, -0.15) is 9.57 Å². The van der Waals surface area contributed by atoms with Crippen molar-refractivity contribution in [3.8, 4) is 17.6 Å². The van der Waals surface area contributed by atoms with Crippen LogP contribution in [0, 0.1) is 24.1 Å². The predicted molar refractivity (Wildman–Crippen MR) is 133 cm³/mol. The Hall–Kier alpha value is -3.45. The third-order valence-corrected chi connectivity index (χ3v) is 7.95. The van der Waals surface area contributed by atoms with Gasteiger partial charge in [-0.25, -0.2) is 12.8 Å². The van der Waals surface area contributed by atoms with Crippen LogP contribution in [0.2, 0.25) is 5.02 Å². The summed E-state index contributed by atoms with van der Waals surface area (Å²) < 4.78 is 47.8. The first-order valence-corrected chi connectivity index (χ1v) is 13.0. The van der Waals surface area contributed by atoms with Crippen LogP contribution < -0.4 is 10.1 Å². The van der Waals surface area contributed by atoms with Gasteiger partial charge in [-0.15, -0.1) is 0 Å². The van der Waals surface area contributed by atoms with Crippen LogP contribution in [0.25, 0.3) is 0 Å². The molecule has 0 bridgehead atoms. The average molecular weight is 528 g/mol. The largest absolute Gasteiger partial charge is 0.456 e. The van der Waals surface area contributed by atoms with Gasteiger partial charge in [-0.3, -0.25) is 4.79 Å². The highest BCUT2D eigenvalue weighted by Crippen LogP contribution is 2.34. The summed E-state index contributed by atoms with van der Waals surface area (Å²) in [6.07, 6.45) is 0.754. The Morgan fingerprint density at radius 2 is 1.89 bits per heavy atom. The summed E-state index contributed by atoms with van der Waals surface area (Å²) in [6.45, 7) is 2.15. The molecule has 3 aromatic rings. The van der Waals surface area contributed by atoms with Gasteiger partial charge in [0.05, 0.1) is 11.6 Å². The molecule has 1 aliphatic rings. The number of piperidine rings is 1. The van der Waals surface area contributed by atoms with Gasteiger partial charge in [0.25, 0.3) is 5.91 Å². The molecule has 1 aliphatic heterocycles. The monoisotopic (exact) mass is 527 g/mol. The molecule has 3 aromatic carbocycles. The molecule has 36 heavy (non-hydrogen) atoms. The maximum absolute atomic E-state index is 13.6. The highest BCUT2D eigenvalue weighted by Gasteiger charge is 2.32. The first kappa shape index (κ1) is 25.6. The molecule has 0 aromatic heterocycles. The summed E-state index contributed by atoms with van der Waals surface area (Å²) >= 11 is 6.11. The lowest BCUT2D eigenvalue weighted by Crippen LogP contribution is -2.46. The van der Waals surface area contributed by atoms with Crippen molar-refractivity contribution < 1.29 is 22.3 Å².